The van der Waals surface area contributed by atoms with Gasteiger partial charge in [0.2, 0.25) is 5.91 Å². The number of nitrogens with one attached hydrogen (secondary N) is 5. The van der Waals surface area contributed by atoms with Gasteiger partial charge >= 0.3 is 0 Å². The maximum absolute atomic E-state index is 13.3. The van der Waals surface area contributed by atoms with Gasteiger partial charge in [-0.25, -0.2) is 15.2 Å². The topological polar surface area (TPSA) is 77.2 Å². The van der Waals surface area contributed by atoms with Gasteiger partial charge in [0.05, 0.1) is 10.7 Å². The Bertz CT molecular complexity index is 757. The van der Waals surface area contributed by atoms with Crippen molar-refractivity contribution in [2.75, 3.05) is 10.6 Å². The summed E-state index contributed by atoms with van der Waals surface area (Å²) >= 11 is 6.14. The van der Waals surface area contributed by atoms with E-state index in [1.165, 1.54) is 12.1 Å². The number of anilines is 2. The highest BCUT2D eigenvalue weighted by Crippen LogP contribution is 2.23. The summed E-state index contributed by atoms with van der Waals surface area (Å²) in [7, 11) is 0. The number of carbonyl (C=O) groups excluding carboxylic acids is 1. The third-order valence-corrected chi connectivity index (χ3v) is 3.91. The van der Waals surface area contributed by atoms with E-state index in [2.05, 4.69) is 27.0 Å². The van der Waals surface area contributed by atoms with Crippen molar-refractivity contribution in [3.05, 3.63) is 58.9 Å². The second-order valence-corrected chi connectivity index (χ2v) is 5.90. The van der Waals surface area contributed by atoms with Crippen LogP contribution in [0.25, 0.3) is 0 Å². The van der Waals surface area contributed by atoms with Gasteiger partial charge in [-0.3, -0.25) is 4.79 Å². The molecule has 2 atom stereocenters. The lowest BCUT2D eigenvalue weighted by Crippen LogP contribution is -2.48. The van der Waals surface area contributed by atoms with Crippen LogP contribution in [-0.4, -0.2) is 18.1 Å². The molecule has 5 N–H and O–H groups in total. The summed E-state index contributed by atoms with van der Waals surface area (Å²) in [5.74, 6) is -0.640. The van der Waals surface area contributed by atoms with Crippen molar-refractivity contribution in [3.8, 4) is 0 Å². The van der Waals surface area contributed by atoms with Gasteiger partial charge in [0.25, 0.3) is 0 Å². The standard InChI is InChI=1S/C16H17ClFN5O/c1-9-5-6-13(12(17)7-9)20-16(24)14-15(22-23-21-14)19-11-4-2-3-10(18)8-11/h2-8,14-15,19,21-23H,1H3,(H,20,24). The highest BCUT2D eigenvalue weighted by atomic mass is 35.5. The third kappa shape index (κ3) is 3.82. The van der Waals surface area contributed by atoms with Crippen LogP contribution in [0.2, 0.25) is 5.02 Å². The first-order chi connectivity index (χ1) is 11.5. The number of amides is 1. The van der Waals surface area contributed by atoms with Crippen LogP contribution in [0, 0.1) is 12.7 Å². The predicted molar refractivity (Wildman–Crippen MR) is 91.8 cm³/mol. The number of carbonyl (C=O) groups is 1. The molecule has 1 aliphatic heterocycles. The zero-order valence-electron chi connectivity index (χ0n) is 12.9. The molecule has 6 nitrogen and oxygen atoms in total. The smallest absolute Gasteiger partial charge is 0.246 e. The molecule has 0 spiro atoms. The molecule has 1 fully saturated rings. The Morgan fingerprint density at radius 3 is 2.79 bits per heavy atom. The molecule has 24 heavy (non-hydrogen) atoms. The van der Waals surface area contributed by atoms with Crippen molar-refractivity contribution < 1.29 is 9.18 Å². The Balaban J connectivity index is 1.69. The zero-order chi connectivity index (χ0) is 17.1. The SMILES string of the molecule is Cc1ccc(NC(=O)C2NNNC2Nc2cccc(F)c2)c(Cl)c1. The fraction of sp³-hybridized carbons (Fsp3) is 0.188. The molecule has 1 amide bonds. The highest BCUT2D eigenvalue weighted by molar-refractivity contribution is 6.33. The Morgan fingerprint density at radius 1 is 1.21 bits per heavy atom. The monoisotopic (exact) mass is 349 g/mol. The Kier molecular flexibility index (Phi) is 4.96. The van der Waals surface area contributed by atoms with Crippen LogP contribution >= 0.6 is 11.6 Å². The van der Waals surface area contributed by atoms with Gasteiger partial charge in [0, 0.05) is 5.69 Å². The second kappa shape index (κ2) is 7.14. The average molecular weight is 350 g/mol. The molecule has 1 saturated heterocycles. The fourth-order valence-electron chi connectivity index (χ4n) is 2.39. The van der Waals surface area contributed by atoms with Crippen molar-refractivity contribution in [3.63, 3.8) is 0 Å². The van der Waals surface area contributed by atoms with Gasteiger partial charge in [0.15, 0.2) is 0 Å². The predicted octanol–water partition coefficient (Wildman–Crippen LogP) is 2.15. The van der Waals surface area contributed by atoms with Crippen LogP contribution in [0.15, 0.2) is 42.5 Å². The molecule has 126 valence electrons. The third-order valence-electron chi connectivity index (χ3n) is 3.60. The largest absolute Gasteiger partial charge is 0.367 e. The highest BCUT2D eigenvalue weighted by Gasteiger charge is 2.33. The number of rotatable bonds is 4. The minimum Gasteiger partial charge on any atom is -0.367 e. The number of hydrazine groups is 2. The molecule has 0 radical (unpaired) electrons. The minimum atomic E-state index is -0.634. The van der Waals surface area contributed by atoms with Crippen LogP contribution in [0.3, 0.4) is 0 Å². The zero-order valence-corrected chi connectivity index (χ0v) is 13.6. The van der Waals surface area contributed by atoms with Crippen molar-refractivity contribution in [1.29, 1.82) is 0 Å². The molecule has 0 saturated carbocycles. The summed E-state index contributed by atoms with van der Waals surface area (Å²) in [6.07, 6.45) is -0.476. The summed E-state index contributed by atoms with van der Waals surface area (Å²) in [5.41, 5.74) is 10.5. The maximum Gasteiger partial charge on any atom is 0.246 e. The first-order valence-electron chi connectivity index (χ1n) is 7.38. The normalized spacial score (nSPS) is 20.0. The van der Waals surface area contributed by atoms with Crippen molar-refractivity contribution in [2.24, 2.45) is 0 Å². The van der Waals surface area contributed by atoms with Gasteiger partial charge in [-0.15, -0.1) is 0 Å². The van der Waals surface area contributed by atoms with E-state index in [1.54, 1.807) is 24.3 Å². The Morgan fingerprint density at radius 2 is 2.04 bits per heavy atom. The summed E-state index contributed by atoms with van der Waals surface area (Å²) in [6.45, 7) is 1.92. The first kappa shape index (κ1) is 16.7. The Labute approximate surface area is 143 Å². The molecule has 2 aromatic rings. The van der Waals surface area contributed by atoms with E-state index in [1.807, 2.05) is 13.0 Å². The van der Waals surface area contributed by atoms with Crippen LogP contribution in [0.4, 0.5) is 15.8 Å². The summed E-state index contributed by atoms with van der Waals surface area (Å²) in [6, 6.07) is 10.8. The van der Waals surface area contributed by atoms with Crippen molar-refractivity contribution in [1.82, 2.24) is 16.4 Å². The molecule has 0 aliphatic carbocycles. The second-order valence-electron chi connectivity index (χ2n) is 5.50. The number of halogens is 2. The Hall–Kier alpha value is -2.19. The molecule has 1 heterocycles. The summed E-state index contributed by atoms with van der Waals surface area (Å²) in [4.78, 5) is 12.5. The van der Waals surface area contributed by atoms with E-state index in [0.29, 0.717) is 16.4 Å². The van der Waals surface area contributed by atoms with E-state index in [0.717, 1.165) is 5.56 Å². The molecule has 3 rings (SSSR count). The fourth-order valence-corrected chi connectivity index (χ4v) is 2.67. The number of aryl methyl sites for hydroxylation is 1. The molecular weight excluding hydrogens is 333 g/mol. The van der Waals surface area contributed by atoms with Crippen molar-refractivity contribution in [2.45, 2.75) is 19.1 Å². The molecule has 0 aromatic heterocycles. The number of hydrogen-bond donors (Lipinski definition) is 5. The van der Waals surface area contributed by atoms with Crippen LogP contribution in [-0.2, 0) is 4.79 Å². The van der Waals surface area contributed by atoms with Crippen LogP contribution in [0.1, 0.15) is 5.56 Å². The van der Waals surface area contributed by atoms with Gasteiger partial charge < -0.3 is 10.6 Å². The van der Waals surface area contributed by atoms with Gasteiger partial charge in [0.1, 0.15) is 18.0 Å². The van der Waals surface area contributed by atoms with Crippen molar-refractivity contribution >= 4 is 28.9 Å². The van der Waals surface area contributed by atoms with Crippen LogP contribution in [0.5, 0.6) is 0 Å². The van der Waals surface area contributed by atoms with Gasteiger partial charge in [-0.05, 0) is 42.8 Å². The summed E-state index contributed by atoms with van der Waals surface area (Å²) < 4.78 is 13.3. The van der Waals surface area contributed by atoms with E-state index in [9.17, 15) is 9.18 Å². The lowest BCUT2D eigenvalue weighted by Gasteiger charge is -2.20. The minimum absolute atomic E-state index is 0.285. The molecule has 2 unspecified atom stereocenters. The van der Waals surface area contributed by atoms with Gasteiger partial charge in [-0.2, -0.15) is 5.53 Å². The van der Waals surface area contributed by atoms with Crippen LogP contribution < -0.4 is 27.0 Å². The van der Waals surface area contributed by atoms with E-state index >= 15 is 0 Å². The first-order valence-corrected chi connectivity index (χ1v) is 7.76. The molecule has 0 bridgehead atoms. The number of hydrogen-bond acceptors (Lipinski definition) is 5. The van der Waals surface area contributed by atoms with E-state index in [4.69, 9.17) is 11.6 Å². The van der Waals surface area contributed by atoms with E-state index in [-0.39, 0.29) is 11.7 Å². The summed E-state index contributed by atoms with van der Waals surface area (Å²) in [5, 5.41) is 6.30. The van der Waals surface area contributed by atoms with E-state index < -0.39 is 12.2 Å². The number of benzene rings is 2. The quantitative estimate of drug-likeness (QED) is 0.584. The maximum atomic E-state index is 13.3. The lowest BCUT2D eigenvalue weighted by molar-refractivity contribution is -0.118. The molecule has 1 aliphatic rings. The molecule has 8 heteroatoms. The molecular formula is C16H17ClFN5O. The van der Waals surface area contributed by atoms with Gasteiger partial charge in [-0.1, -0.05) is 23.7 Å². The average Bonchev–Trinajstić information content (AvgIpc) is 2.98. The lowest BCUT2D eigenvalue weighted by atomic mass is 10.2. The molecule has 2 aromatic carbocycles.